The van der Waals surface area contributed by atoms with Crippen LogP contribution in [0.2, 0.25) is 0 Å². The van der Waals surface area contributed by atoms with E-state index in [-0.39, 0.29) is 36.7 Å². The number of carboxylic acid groups (broad SMARTS) is 1. The van der Waals surface area contributed by atoms with Gasteiger partial charge in [0.25, 0.3) is 0 Å². The highest BCUT2D eigenvalue weighted by molar-refractivity contribution is 7.80. The van der Waals surface area contributed by atoms with Crippen molar-refractivity contribution in [2.24, 2.45) is 23.0 Å². The van der Waals surface area contributed by atoms with E-state index in [0.717, 1.165) is 38.5 Å². The van der Waals surface area contributed by atoms with Gasteiger partial charge in [-0.3, -0.25) is 14.4 Å². The standard InChI is InChI=1S/C28H39N3O7S/c1-28-11-10-18-17-5-3-16(12-15(17)2-4-19(18)20(28)6-8-23(28)32)38-25(34)13-30-26(35)22(14-39)31-24(33)9-7-21(29)27(36)37/h3,5,12,18-23,32,39H,2,4,6-11,13-14,29H2,1H3,(H,30,35)(H,31,33)(H,36,37)/t18-,19-,20+,21?,22?,23+,28+/m1/s1. The predicted octanol–water partition coefficient (Wildman–Crippen LogP) is 1.53. The van der Waals surface area contributed by atoms with E-state index in [1.165, 1.54) is 11.1 Å². The number of hydrogen-bond acceptors (Lipinski definition) is 8. The Balaban J connectivity index is 1.27. The summed E-state index contributed by atoms with van der Waals surface area (Å²) in [5.74, 6) is -0.973. The average Bonchev–Trinajstić information content (AvgIpc) is 3.22. The van der Waals surface area contributed by atoms with Gasteiger partial charge in [0, 0.05) is 12.2 Å². The molecule has 0 saturated heterocycles. The number of nitrogens with one attached hydrogen (secondary N) is 2. The van der Waals surface area contributed by atoms with Gasteiger partial charge in [-0.15, -0.1) is 0 Å². The normalized spacial score (nSPS) is 28.7. The number of thiol groups is 1. The first-order valence-electron chi connectivity index (χ1n) is 13.7. The number of hydrogen-bond donors (Lipinski definition) is 6. The number of benzene rings is 1. The SMILES string of the molecule is C[C@]12CC[C@@H]3c4ccc(OC(=O)CNC(=O)C(CS)NC(=O)CCC(N)C(=O)O)cc4CC[C@H]3[C@@H]1CC[C@@H]2O. The van der Waals surface area contributed by atoms with E-state index in [1.54, 1.807) is 6.07 Å². The fraction of sp³-hybridized carbons (Fsp3) is 0.643. The number of ether oxygens (including phenoxy) is 1. The first-order chi connectivity index (χ1) is 18.5. The Morgan fingerprint density at radius 1 is 1.21 bits per heavy atom. The van der Waals surface area contributed by atoms with E-state index in [2.05, 4.69) is 36.3 Å². The maximum Gasteiger partial charge on any atom is 0.330 e. The fourth-order valence-corrected chi connectivity index (χ4v) is 7.17. The Labute approximate surface area is 233 Å². The van der Waals surface area contributed by atoms with Crippen LogP contribution in [0, 0.1) is 17.3 Å². The fourth-order valence-electron chi connectivity index (χ4n) is 6.92. The second-order valence-corrected chi connectivity index (χ2v) is 11.8. The summed E-state index contributed by atoms with van der Waals surface area (Å²) < 4.78 is 5.49. The van der Waals surface area contributed by atoms with Crippen LogP contribution in [0.15, 0.2) is 18.2 Å². The number of aliphatic carboxylic acids is 1. The van der Waals surface area contributed by atoms with Crippen LogP contribution >= 0.6 is 12.6 Å². The molecule has 39 heavy (non-hydrogen) atoms. The number of carboxylic acids is 1. The molecular weight excluding hydrogens is 522 g/mol. The van der Waals surface area contributed by atoms with Crippen LogP contribution in [0.4, 0.5) is 0 Å². The number of aliphatic hydroxyl groups excluding tert-OH is 1. The minimum atomic E-state index is -1.21. The number of esters is 1. The lowest BCUT2D eigenvalue weighted by Gasteiger charge is -2.50. The first-order valence-corrected chi connectivity index (χ1v) is 14.3. The number of nitrogens with two attached hydrogens (primary N) is 1. The van der Waals surface area contributed by atoms with Crippen LogP contribution in [0.25, 0.3) is 0 Å². The summed E-state index contributed by atoms with van der Waals surface area (Å²) in [7, 11) is 0. The molecule has 7 atom stereocenters. The molecule has 2 saturated carbocycles. The van der Waals surface area contributed by atoms with Crippen molar-refractivity contribution in [3.8, 4) is 5.75 Å². The molecule has 3 aliphatic carbocycles. The number of aliphatic hydroxyl groups is 1. The van der Waals surface area contributed by atoms with Crippen molar-refractivity contribution in [2.75, 3.05) is 12.3 Å². The average molecular weight is 562 g/mol. The van der Waals surface area contributed by atoms with E-state index in [9.17, 15) is 24.3 Å². The van der Waals surface area contributed by atoms with Crippen LogP contribution in [0.5, 0.6) is 5.75 Å². The van der Waals surface area contributed by atoms with Gasteiger partial charge in [0.15, 0.2) is 0 Å². The van der Waals surface area contributed by atoms with E-state index in [4.69, 9.17) is 15.6 Å². The van der Waals surface area contributed by atoms with Gasteiger partial charge in [0.05, 0.1) is 6.10 Å². The van der Waals surface area contributed by atoms with Gasteiger partial charge in [0.2, 0.25) is 11.8 Å². The molecule has 1 aromatic rings. The zero-order valence-electron chi connectivity index (χ0n) is 22.2. The van der Waals surface area contributed by atoms with E-state index >= 15 is 0 Å². The molecule has 0 bridgehead atoms. The van der Waals surface area contributed by atoms with Crippen molar-refractivity contribution in [3.63, 3.8) is 0 Å². The molecule has 2 unspecified atom stereocenters. The van der Waals surface area contributed by atoms with Crippen LogP contribution in [-0.2, 0) is 25.6 Å². The third-order valence-corrected chi connectivity index (χ3v) is 9.49. The van der Waals surface area contributed by atoms with E-state index in [0.29, 0.717) is 23.5 Å². The predicted molar refractivity (Wildman–Crippen MR) is 146 cm³/mol. The van der Waals surface area contributed by atoms with Gasteiger partial charge in [-0.05, 0) is 91.4 Å². The second-order valence-electron chi connectivity index (χ2n) is 11.4. The molecule has 10 nitrogen and oxygen atoms in total. The number of fused-ring (bicyclic) bond motifs is 5. The highest BCUT2D eigenvalue weighted by Crippen LogP contribution is 2.60. The van der Waals surface area contributed by atoms with Crippen LogP contribution in [-0.4, -0.2) is 64.5 Å². The second kappa shape index (κ2) is 12.3. The third-order valence-electron chi connectivity index (χ3n) is 9.12. The van der Waals surface area contributed by atoms with Crippen molar-refractivity contribution in [3.05, 3.63) is 29.3 Å². The van der Waals surface area contributed by atoms with E-state index in [1.807, 2.05) is 6.07 Å². The first kappa shape index (κ1) is 29.4. The molecule has 1 aromatic carbocycles. The number of aryl methyl sites for hydroxylation is 1. The zero-order valence-corrected chi connectivity index (χ0v) is 23.1. The number of amides is 2. The molecular formula is C28H39N3O7S. The van der Waals surface area contributed by atoms with Gasteiger partial charge in [0.1, 0.15) is 24.4 Å². The number of carbonyl (C=O) groups excluding carboxylic acids is 3. The quantitative estimate of drug-likeness (QED) is 0.142. The van der Waals surface area contributed by atoms with Gasteiger partial charge >= 0.3 is 11.9 Å². The summed E-state index contributed by atoms with van der Waals surface area (Å²) in [6.45, 7) is 1.88. The molecule has 0 radical (unpaired) electrons. The number of rotatable bonds is 10. The van der Waals surface area contributed by atoms with Crippen LogP contribution in [0.3, 0.4) is 0 Å². The summed E-state index contributed by atoms with van der Waals surface area (Å²) in [5.41, 5.74) is 7.93. The molecule has 0 aromatic heterocycles. The Morgan fingerprint density at radius 3 is 2.69 bits per heavy atom. The molecule has 4 rings (SSSR count). The Hall–Kier alpha value is -2.63. The number of carbonyl (C=O) groups is 4. The summed E-state index contributed by atoms with van der Waals surface area (Å²) in [6, 6.07) is 3.62. The summed E-state index contributed by atoms with van der Waals surface area (Å²) in [4.78, 5) is 47.7. The topological polar surface area (TPSA) is 168 Å². The van der Waals surface area contributed by atoms with Crippen molar-refractivity contribution in [1.82, 2.24) is 10.6 Å². The largest absolute Gasteiger partial charge is 0.480 e. The molecule has 0 aliphatic heterocycles. The van der Waals surface area contributed by atoms with Crippen molar-refractivity contribution in [1.29, 1.82) is 0 Å². The van der Waals surface area contributed by atoms with Crippen LogP contribution < -0.4 is 21.1 Å². The summed E-state index contributed by atoms with van der Waals surface area (Å²) >= 11 is 4.08. The molecule has 6 N–H and O–H groups in total. The van der Waals surface area contributed by atoms with Gasteiger partial charge in [-0.1, -0.05) is 13.0 Å². The van der Waals surface area contributed by atoms with Gasteiger partial charge in [-0.25, -0.2) is 4.79 Å². The third kappa shape index (κ3) is 6.41. The van der Waals surface area contributed by atoms with Crippen molar-refractivity contribution in [2.45, 2.75) is 82.4 Å². The van der Waals surface area contributed by atoms with E-state index < -0.39 is 35.8 Å². The summed E-state index contributed by atoms with van der Waals surface area (Å²) in [6.07, 6.45) is 5.61. The lowest BCUT2D eigenvalue weighted by atomic mass is 9.55. The molecule has 0 heterocycles. The molecule has 2 amide bonds. The Bertz CT molecular complexity index is 1110. The molecule has 3 aliphatic rings. The highest BCUT2D eigenvalue weighted by atomic mass is 32.1. The molecule has 214 valence electrons. The molecule has 2 fully saturated rings. The Kier molecular flexibility index (Phi) is 9.23. The van der Waals surface area contributed by atoms with Gasteiger partial charge in [-0.2, -0.15) is 12.6 Å². The monoisotopic (exact) mass is 561 g/mol. The Morgan fingerprint density at radius 2 is 1.97 bits per heavy atom. The van der Waals surface area contributed by atoms with Gasteiger partial charge < -0.3 is 31.3 Å². The lowest BCUT2D eigenvalue weighted by Crippen LogP contribution is -2.49. The lowest BCUT2D eigenvalue weighted by molar-refractivity contribution is -0.139. The van der Waals surface area contributed by atoms with Crippen molar-refractivity contribution >= 4 is 36.4 Å². The smallest absolute Gasteiger partial charge is 0.330 e. The highest BCUT2D eigenvalue weighted by Gasteiger charge is 2.54. The van der Waals surface area contributed by atoms with Crippen molar-refractivity contribution < 1.29 is 34.1 Å². The minimum absolute atomic E-state index is 0.0104. The minimum Gasteiger partial charge on any atom is -0.480 e. The van der Waals surface area contributed by atoms with Crippen LogP contribution in [0.1, 0.15) is 68.9 Å². The zero-order chi connectivity index (χ0) is 28.3. The summed E-state index contributed by atoms with van der Waals surface area (Å²) in [5, 5.41) is 24.3. The molecule has 11 heteroatoms. The maximum atomic E-state index is 12.4. The maximum absolute atomic E-state index is 12.4. The molecule has 0 spiro atoms.